The van der Waals surface area contributed by atoms with Crippen LogP contribution in [0.15, 0.2) is 12.1 Å². The molecule has 2 aliphatic heterocycles. The Morgan fingerprint density at radius 3 is 2.82 bits per heavy atom. The summed E-state index contributed by atoms with van der Waals surface area (Å²) in [5.74, 6) is 1.49. The minimum atomic E-state index is 0.454. The SMILES string of the molecule is Cc1ccc2nnc(C3CCN(CC4CCCO4)CC3)n2n1. The first-order valence-electron chi connectivity index (χ1n) is 8.32. The Morgan fingerprint density at radius 1 is 1.18 bits per heavy atom. The summed E-state index contributed by atoms with van der Waals surface area (Å²) in [6.45, 7) is 6.27. The second kappa shape index (κ2) is 5.93. The highest BCUT2D eigenvalue weighted by molar-refractivity contribution is 5.36. The van der Waals surface area contributed by atoms with Gasteiger partial charge in [-0.1, -0.05) is 0 Å². The summed E-state index contributed by atoms with van der Waals surface area (Å²) >= 11 is 0. The van der Waals surface area contributed by atoms with Crippen molar-refractivity contribution in [2.45, 2.75) is 44.6 Å². The molecule has 4 rings (SSSR count). The summed E-state index contributed by atoms with van der Waals surface area (Å²) < 4.78 is 7.67. The van der Waals surface area contributed by atoms with Crippen molar-refractivity contribution in [2.75, 3.05) is 26.2 Å². The zero-order valence-corrected chi connectivity index (χ0v) is 13.1. The van der Waals surface area contributed by atoms with Crippen molar-refractivity contribution in [1.29, 1.82) is 0 Å². The Morgan fingerprint density at radius 2 is 2.05 bits per heavy atom. The molecule has 2 aromatic heterocycles. The fraction of sp³-hybridized carbons (Fsp3) is 0.688. The molecule has 0 amide bonds. The summed E-state index contributed by atoms with van der Waals surface area (Å²) in [6.07, 6.45) is 5.15. The van der Waals surface area contributed by atoms with Gasteiger partial charge in [-0.2, -0.15) is 9.61 Å². The van der Waals surface area contributed by atoms with Gasteiger partial charge in [-0.15, -0.1) is 10.2 Å². The summed E-state index contributed by atoms with van der Waals surface area (Å²) in [5, 5.41) is 13.2. The minimum absolute atomic E-state index is 0.454. The largest absolute Gasteiger partial charge is 0.377 e. The first-order chi connectivity index (χ1) is 10.8. The van der Waals surface area contributed by atoms with Gasteiger partial charge in [0.1, 0.15) is 0 Å². The molecule has 2 aromatic rings. The van der Waals surface area contributed by atoms with Gasteiger partial charge in [0.15, 0.2) is 11.5 Å². The number of rotatable bonds is 3. The molecule has 2 fully saturated rings. The molecule has 118 valence electrons. The van der Waals surface area contributed by atoms with Gasteiger partial charge in [0.25, 0.3) is 0 Å². The Hall–Kier alpha value is -1.53. The predicted molar refractivity (Wildman–Crippen MR) is 82.9 cm³/mol. The highest BCUT2D eigenvalue weighted by atomic mass is 16.5. The van der Waals surface area contributed by atoms with E-state index in [2.05, 4.69) is 20.2 Å². The number of fused-ring (bicyclic) bond motifs is 1. The first-order valence-corrected chi connectivity index (χ1v) is 8.32. The summed E-state index contributed by atoms with van der Waals surface area (Å²) in [6, 6.07) is 3.98. The molecule has 4 heterocycles. The molecule has 0 spiro atoms. The average Bonchev–Trinajstić information content (AvgIpc) is 3.17. The Bertz CT molecular complexity index is 641. The van der Waals surface area contributed by atoms with Crippen molar-refractivity contribution >= 4 is 5.65 Å². The second-order valence-corrected chi connectivity index (χ2v) is 6.51. The van der Waals surface area contributed by atoms with Crippen molar-refractivity contribution in [3.63, 3.8) is 0 Å². The number of piperidine rings is 1. The number of aryl methyl sites for hydroxylation is 1. The molecule has 0 bridgehead atoms. The standard InChI is InChI=1S/C16H23N5O/c1-12-4-5-15-17-18-16(21(15)19-12)13-6-8-20(9-7-13)11-14-3-2-10-22-14/h4-5,13-14H,2-3,6-11H2,1H3. The summed E-state index contributed by atoms with van der Waals surface area (Å²) in [4.78, 5) is 2.54. The predicted octanol–water partition coefficient (Wildman–Crippen LogP) is 1.79. The van der Waals surface area contributed by atoms with E-state index < -0.39 is 0 Å². The van der Waals surface area contributed by atoms with Crippen molar-refractivity contribution in [3.8, 4) is 0 Å². The molecule has 0 aromatic carbocycles. The van der Waals surface area contributed by atoms with E-state index in [9.17, 15) is 0 Å². The topological polar surface area (TPSA) is 55.5 Å². The molecule has 22 heavy (non-hydrogen) atoms. The van der Waals surface area contributed by atoms with E-state index in [0.717, 1.165) is 56.2 Å². The van der Waals surface area contributed by atoms with Crippen molar-refractivity contribution in [1.82, 2.24) is 24.7 Å². The Labute approximate surface area is 130 Å². The van der Waals surface area contributed by atoms with Crippen LogP contribution in [0.3, 0.4) is 0 Å². The molecule has 2 saturated heterocycles. The number of hydrogen-bond donors (Lipinski definition) is 0. The number of aromatic nitrogens is 4. The first kappa shape index (κ1) is 14.1. The quantitative estimate of drug-likeness (QED) is 0.865. The normalized spacial score (nSPS) is 24.3. The molecule has 6 nitrogen and oxygen atoms in total. The van der Waals surface area contributed by atoms with Crippen LogP contribution in [0.5, 0.6) is 0 Å². The third kappa shape index (κ3) is 2.73. The second-order valence-electron chi connectivity index (χ2n) is 6.51. The van der Waals surface area contributed by atoms with Crippen LogP contribution in [0, 0.1) is 6.92 Å². The maximum Gasteiger partial charge on any atom is 0.177 e. The van der Waals surface area contributed by atoms with E-state index >= 15 is 0 Å². The average molecular weight is 301 g/mol. The minimum Gasteiger partial charge on any atom is -0.377 e. The zero-order valence-electron chi connectivity index (χ0n) is 13.1. The van der Waals surface area contributed by atoms with E-state index in [1.54, 1.807) is 0 Å². The highest BCUT2D eigenvalue weighted by Crippen LogP contribution is 2.27. The maximum atomic E-state index is 5.75. The van der Waals surface area contributed by atoms with Gasteiger partial charge in [0, 0.05) is 19.1 Å². The lowest BCUT2D eigenvalue weighted by Crippen LogP contribution is -2.38. The lowest BCUT2D eigenvalue weighted by atomic mass is 9.96. The molecule has 0 aliphatic carbocycles. The lowest BCUT2D eigenvalue weighted by Gasteiger charge is -2.32. The lowest BCUT2D eigenvalue weighted by molar-refractivity contribution is 0.0639. The zero-order chi connectivity index (χ0) is 14.9. The van der Waals surface area contributed by atoms with Gasteiger partial charge in [-0.3, -0.25) is 0 Å². The van der Waals surface area contributed by atoms with Crippen LogP contribution in [0.25, 0.3) is 5.65 Å². The van der Waals surface area contributed by atoms with Crippen LogP contribution in [0.4, 0.5) is 0 Å². The molecule has 6 heteroatoms. The van der Waals surface area contributed by atoms with Gasteiger partial charge < -0.3 is 9.64 Å². The molecule has 0 N–H and O–H groups in total. The van der Waals surface area contributed by atoms with Crippen LogP contribution in [-0.4, -0.2) is 57.1 Å². The van der Waals surface area contributed by atoms with E-state index in [4.69, 9.17) is 4.74 Å². The number of nitrogens with zero attached hydrogens (tertiary/aromatic N) is 5. The number of ether oxygens (including phenoxy) is 1. The van der Waals surface area contributed by atoms with Crippen LogP contribution in [0.2, 0.25) is 0 Å². The summed E-state index contributed by atoms with van der Waals surface area (Å²) in [5.41, 5.74) is 1.85. The van der Waals surface area contributed by atoms with Crippen molar-refractivity contribution in [2.24, 2.45) is 0 Å². The highest BCUT2D eigenvalue weighted by Gasteiger charge is 2.27. The van der Waals surface area contributed by atoms with Crippen LogP contribution < -0.4 is 0 Å². The van der Waals surface area contributed by atoms with E-state index in [1.165, 1.54) is 12.8 Å². The van der Waals surface area contributed by atoms with E-state index in [-0.39, 0.29) is 0 Å². The molecule has 0 saturated carbocycles. The van der Waals surface area contributed by atoms with Gasteiger partial charge in [-0.05, 0) is 57.8 Å². The monoisotopic (exact) mass is 301 g/mol. The fourth-order valence-corrected chi connectivity index (χ4v) is 3.60. The maximum absolute atomic E-state index is 5.75. The third-order valence-electron chi connectivity index (χ3n) is 4.86. The van der Waals surface area contributed by atoms with Gasteiger partial charge in [-0.25, -0.2) is 0 Å². The van der Waals surface area contributed by atoms with E-state index in [0.29, 0.717) is 12.0 Å². The molecule has 1 atom stereocenters. The fourth-order valence-electron chi connectivity index (χ4n) is 3.60. The number of hydrogen-bond acceptors (Lipinski definition) is 5. The Balaban J connectivity index is 1.43. The van der Waals surface area contributed by atoms with Gasteiger partial charge in [0.2, 0.25) is 0 Å². The van der Waals surface area contributed by atoms with Gasteiger partial charge in [0.05, 0.1) is 11.8 Å². The van der Waals surface area contributed by atoms with Crippen LogP contribution in [0.1, 0.15) is 43.1 Å². The smallest absolute Gasteiger partial charge is 0.177 e. The van der Waals surface area contributed by atoms with E-state index in [1.807, 2.05) is 23.6 Å². The molecule has 0 radical (unpaired) electrons. The van der Waals surface area contributed by atoms with Crippen LogP contribution >= 0.6 is 0 Å². The third-order valence-corrected chi connectivity index (χ3v) is 4.86. The van der Waals surface area contributed by atoms with Gasteiger partial charge >= 0.3 is 0 Å². The molecular formula is C16H23N5O. The Kier molecular flexibility index (Phi) is 3.80. The van der Waals surface area contributed by atoms with Crippen molar-refractivity contribution < 1.29 is 4.74 Å². The van der Waals surface area contributed by atoms with Crippen molar-refractivity contribution in [3.05, 3.63) is 23.7 Å². The summed E-state index contributed by atoms with van der Waals surface area (Å²) in [7, 11) is 0. The molecule has 2 aliphatic rings. The molecule has 1 unspecified atom stereocenters. The van der Waals surface area contributed by atoms with Crippen LogP contribution in [-0.2, 0) is 4.74 Å². The number of likely N-dealkylation sites (tertiary alicyclic amines) is 1. The molecular weight excluding hydrogens is 278 g/mol.